The number of fused-ring (bicyclic) bond motifs is 1. The van der Waals surface area contributed by atoms with Crippen molar-refractivity contribution in [2.75, 3.05) is 24.7 Å². The number of aromatic amines is 1. The molecule has 2 aliphatic heterocycles. The zero-order valence-corrected chi connectivity index (χ0v) is 16.4. The zero-order valence-electron chi connectivity index (χ0n) is 16.4. The number of anilines is 1. The number of hydrogen-bond donors (Lipinski definition) is 1. The van der Waals surface area contributed by atoms with Gasteiger partial charge in [0.25, 0.3) is 5.56 Å². The van der Waals surface area contributed by atoms with Gasteiger partial charge in [0.05, 0.1) is 6.61 Å². The Kier molecular flexibility index (Phi) is 4.66. The molecule has 28 heavy (non-hydrogen) atoms. The molecule has 0 amide bonds. The molecule has 4 atom stereocenters. The highest BCUT2D eigenvalue weighted by atomic mass is 16.5. The molecule has 3 fully saturated rings. The van der Waals surface area contributed by atoms with Crippen LogP contribution in [0.3, 0.4) is 0 Å². The van der Waals surface area contributed by atoms with Gasteiger partial charge in [-0.15, -0.1) is 10.2 Å². The standard InChI is InChI=1S/C20H28N6O2/c1-13-10-25(17-5-3-2-4-15(13)17)20-24-23-19(16-6-7-18(27)22-21-16)26(20)11-14-8-9-28-12-14/h6-7,13-15,17H,2-5,8-12H2,1H3,(H,22,27). The van der Waals surface area contributed by atoms with Gasteiger partial charge in [-0.05, 0) is 37.2 Å². The van der Waals surface area contributed by atoms with E-state index in [0.29, 0.717) is 23.6 Å². The first kappa shape index (κ1) is 17.8. The second kappa shape index (κ2) is 7.31. The highest BCUT2D eigenvalue weighted by molar-refractivity contribution is 5.53. The molecule has 0 aromatic carbocycles. The fourth-order valence-electron chi connectivity index (χ4n) is 5.32. The van der Waals surface area contributed by atoms with E-state index < -0.39 is 0 Å². The predicted molar refractivity (Wildman–Crippen MR) is 105 cm³/mol. The van der Waals surface area contributed by atoms with Gasteiger partial charge in [-0.2, -0.15) is 5.10 Å². The molecule has 1 aliphatic carbocycles. The lowest BCUT2D eigenvalue weighted by Crippen LogP contribution is -2.37. The third kappa shape index (κ3) is 3.13. The molecular formula is C20H28N6O2. The van der Waals surface area contributed by atoms with Crippen LogP contribution in [0.4, 0.5) is 5.95 Å². The summed E-state index contributed by atoms with van der Waals surface area (Å²) in [7, 11) is 0. The second-order valence-corrected chi connectivity index (χ2v) is 8.62. The van der Waals surface area contributed by atoms with Crippen LogP contribution >= 0.6 is 0 Å². The van der Waals surface area contributed by atoms with Gasteiger partial charge in [-0.3, -0.25) is 9.36 Å². The summed E-state index contributed by atoms with van der Waals surface area (Å²) < 4.78 is 7.82. The predicted octanol–water partition coefficient (Wildman–Crippen LogP) is 2.08. The second-order valence-electron chi connectivity index (χ2n) is 8.62. The summed E-state index contributed by atoms with van der Waals surface area (Å²) in [6.07, 6.45) is 6.25. The fourth-order valence-corrected chi connectivity index (χ4v) is 5.32. The van der Waals surface area contributed by atoms with Gasteiger partial charge >= 0.3 is 0 Å². The molecule has 8 heteroatoms. The van der Waals surface area contributed by atoms with Gasteiger partial charge < -0.3 is 9.64 Å². The summed E-state index contributed by atoms with van der Waals surface area (Å²) in [6, 6.07) is 3.78. The van der Waals surface area contributed by atoms with Crippen molar-refractivity contribution in [3.05, 3.63) is 22.5 Å². The third-order valence-corrected chi connectivity index (χ3v) is 6.76. The van der Waals surface area contributed by atoms with Crippen molar-refractivity contribution in [2.24, 2.45) is 17.8 Å². The van der Waals surface area contributed by atoms with E-state index >= 15 is 0 Å². The molecule has 5 rings (SSSR count). The molecule has 1 saturated carbocycles. The highest BCUT2D eigenvalue weighted by Gasteiger charge is 2.42. The Morgan fingerprint density at radius 3 is 2.89 bits per heavy atom. The van der Waals surface area contributed by atoms with Gasteiger partial charge in [-0.1, -0.05) is 19.8 Å². The number of H-pyrrole nitrogens is 1. The first-order valence-corrected chi connectivity index (χ1v) is 10.5. The Balaban J connectivity index is 1.53. The highest BCUT2D eigenvalue weighted by Crippen LogP contribution is 2.42. The lowest BCUT2D eigenvalue weighted by Gasteiger charge is -2.33. The average molecular weight is 384 g/mol. The maximum Gasteiger partial charge on any atom is 0.264 e. The van der Waals surface area contributed by atoms with Crippen molar-refractivity contribution in [1.29, 1.82) is 0 Å². The van der Waals surface area contributed by atoms with E-state index in [1.54, 1.807) is 6.07 Å². The zero-order chi connectivity index (χ0) is 19.1. The lowest BCUT2D eigenvalue weighted by molar-refractivity contribution is 0.182. The first-order chi connectivity index (χ1) is 13.7. The Morgan fingerprint density at radius 2 is 2.11 bits per heavy atom. The molecule has 8 nitrogen and oxygen atoms in total. The van der Waals surface area contributed by atoms with E-state index in [2.05, 4.69) is 36.8 Å². The van der Waals surface area contributed by atoms with Crippen LogP contribution in [0.2, 0.25) is 0 Å². The van der Waals surface area contributed by atoms with Gasteiger partial charge in [0.1, 0.15) is 5.69 Å². The molecule has 4 heterocycles. The molecule has 2 aromatic rings. The van der Waals surface area contributed by atoms with E-state index in [4.69, 9.17) is 4.74 Å². The molecule has 150 valence electrons. The van der Waals surface area contributed by atoms with E-state index in [1.807, 2.05) is 0 Å². The number of aromatic nitrogens is 5. The number of nitrogens with zero attached hydrogens (tertiary/aromatic N) is 5. The lowest BCUT2D eigenvalue weighted by atomic mass is 9.80. The maximum atomic E-state index is 11.4. The van der Waals surface area contributed by atoms with E-state index in [1.165, 1.54) is 31.7 Å². The summed E-state index contributed by atoms with van der Waals surface area (Å²) in [5, 5.41) is 15.9. The van der Waals surface area contributed by atoms with Crippen LogP contribution < -0.4 is 10.5 Å². The van der Waals surface area contributed by atoms with Crippen LogP contribution in [-0.4, -0.2) is 50.8 Å². The molecule has 3 aliphatic rings. The summed E-state index contributed by atoms with van der Waals surface area (Å²) >= 11 is 0. The van der Waals surface area contributed by atoms with Crippen molar-refractivity contribution in [1.82, 2.24) is 25.0 Å². The molecule has 0 bridgehead atoms. The molecular weight excluding hydrogens is 356 g/mol. The van der Waals surface area contributed by atoms with E-state index in [9.17, 15) is 4.79 Å². The van der Waals surface area contributed by atoms with Gasteiger partial charge in [0.15, 0.2) is 5.82 Å². The van der Waals surface area contributed by atoms with E-state index in [-0.39, 0.29) is 5.56 Å². The van der Waals surface area contributed by atoms with Crippen molar-refractivity contribution in [3.63, 3.8) is 0 Å². The molecule has 0 spiro atoms. The molecule has 1 N–H and O–H groups in total. The molecule has 2 saturated heterocycles. The van der Waals surface area contributed by atoms with Gasteiger partial charge in [-0.25, -0.2) is 5.10 Å². The van der Waals surface area contributed by atoms with Crippen LogP contribution in [0, 0.1) is 17.8 Å². The summed E-state index contributed by atoms with van der Waals surface area (Å²) in [4.78, 5) is 13.9. The summed E-state index contributed by atoms with van der Waals surface area (Å²) in [6.45, 7) is 5.83. The first-order valence-electron chi connectivity index (χ1n) is 10.5. The van der Waals surface area contributed by atoms with Crippen LogP contribution in [0.5, 0.6) is 0 Å². The molecule has 0 radical (unpaired) electrons. The average Bonchev–Trinajstić information content (AvgIpc) is 3.43. The Morgan fingerprint density at radius 1 is 1.21 bits per heavy atom. The fraction of sp³-hybridized carbons (Fsp3) is 0.700. The minimum absolute atomic E-state index is 0.211. The van der Waals surface area contributed by atoms with Crippen molar-refractivity contribution < 1.29 is 4.74 Å². The summed E-state index contributed by atoms with van der Waals surface area (Å²) in [5.74, 6) is 3.57. The largest absolute Gasteiger partial charge is 0.381 e. The number of ether oxygens (including phenoxy) is 1. The van der Waals surface area contributed by atoms with Gasteiger partial charge in [0.2, 0.25) is 5.95 Å². The molecule has 2 aromatic heterocycles. The number of nitrogens with one attached hydrogen (secondary N) is 1. The molecule has 4 unspecified atom stereocenters. The monoisotopic (exact) mass is 384 g/mol. The van der Waals surface area contributed by atoms with Crippen LogP contribution in [-0.2, 0) is 11.3 Å². The van der Waals surface area contributed by atoms with Crippen molar-refractivity contribution in [3.8, 4) is 11.5 Å². The Bertz CT molecular complexity index is 867. The van der Waals surface area contributed by atoms with Gasteiger partial charge in [0, 0.05) is 37.7 Å². The minimum atomic E-state index is -0.211. The topological polar surface area (TPSA) is 88.9 Å². The van der Waals surface area contributed by atoms with Crippen LogP contribution in [0.15, 0.2) is 16.9 Å². The van der Waals surface area contributed by atoms with Crippen molar-refractivity contribution >= 4 is 5.95 Å². The normalized spacial score (nSPS) is 30.0. The quantitative estimate of drug-likeness (QED) is 0.868. The van der Waals surface area contributed by atoms with Crippen LogP contribution in [0.25, 0.3) is 11.5 Å². The number of hydrogen-bond acceptors (Lipinski definition) is 6. The minimum Gasteiger partial charge on any atom is -0.381 e. The Labute approximate surface area is 164 Å². The SMILES string of the molecule is CC1CN(c2nnc(-c3ccc(=O)[nH]n3)n2CC2CCOC2)C2CCCCC12. The maximum absolute atomic E-state index is 11.4. The Hall–Kier alpha value is -2.22. The number of rotatable bonds is 4. The van der Waals surface area contributed by atoms with Crippen LogP contribution in [0.1, 0.15) is 39.0 Å². The summed E-state index contributed by atoms with van der Waals surface area (Å²) in [5.41, 5.74) is 0.447. The third-order valence-electron chi connectivity index (χ3n) is 6.76. The van der Waals surface area contributed by atoms with Crippen molar-refractivity contribution in [2.45, 2.75) is 51.6 Å². The smallest absolute Gasteiger partial charge is 0.264 e. The van der Waals surface area contributed by atoms with E-state index in [0.717, 1.165) is 50.4 Å².